The van der Waals surface area contributed by atoms with E-state index in [1.54, 1.807) is 25.3 Å². The lowest BCUT2D eigenvalue weighted by Crippen LogP contribution is -2.16. The Labute approximate surface area is 225 Å². The highest BCUT2D eigenvalue weighted by Crippen LogP contribution is 2.36. The maximum Gasteiger partial charge on any atom is 0.255 e. The van der Waals surface area contributed by atoms with Gasteiger partial charge in [-0.05, 0) is 84.8 Å². The van der Waals surface area contributed by atoms with Gasteiger partial charge < -0.3 is 19.7 Å². The summed E-state index contributed by atoms with van der Waals surface area (Å²) in [5.74, 6) is 2.64. The number of carbonyl (C=O) groups is 1. The standard InChI is InChI=1S/C31H24ClN3O3/c1-37-26-13-9-21-17-22-15-16-35(30(22)33-27(21)19-26)24-11-7-20(8-12-24)31(36)34-28-18-23(32)10-14-29(28)38-25-5-3-2-4-6-25/h2-14,17-19H,15-16H2,1H3,(H,34,36). The van der Waals surface area contributed by atoms with E-state index >= 15 is 0 Å². The third-order valence-electron chi connectivity index (χ3n) is 6.54. The van der Waals surface area contributed by atoms with Gasteiger partial charge in [0.2, 0.25) is 0 Å². The van der Waals surface area contributed by atoms with Crippen molar-refractivity contribution in [2.75, 3.05) is 23.9 Å². The highest BCUT2D eigenvalue weighted by Gasteiger charge is 2.23. The highest BCUT2D eigenvalue weighted by atomic mass is 35.5. The molecule has 0 aliphatic carbocycles. The first kappa shape index (κ1) is 23.8. The van der Waals surface area contributed by atoms with Crippen LogP contribution in [0.3, 0.4) is 0 Å². The molecule has 5 aromatic rings. The van der Waals surface area contributed by atoms with Gasteiger partial charge >= 0.3 is 0 Å². The zero-order valence-corrected chi connectivity index (χ0v) is 21.4. The van der Waals surface area contributed by atoms with E-state index in [0.717, 1.165) is 41.1 Å². The minimum Gasteiger partial charge on any atom is -0.497 e. The Kier molecular flexibility index (Phi) is 6.32. The summed E-state index contributed by atoms with van der Waals surface area (Å²) < 4.78 is 11.3. The number of benzene rings is 4. The maximum absolute atomic E-state index is 13.1. The predicted octanol–water partition coefficient (Wildman–Crippen LogP) is 7.64. The number of halogens is 1. The van der Waals surface area contributed by atoms with Crippen molar-refractivity contribution in [2.24, 2.45) is 0 Å². The maximum atomic E-state index is 13.1. The van der Waals surface area contributed by atoms with Crippen molar-refractivity contribution in [3.63, 3.8) is 0 Å². The van der Waals surface area contributed by atoms with Gasteiger partial charge in [0, 0.05) is 34.3 Å². The Morgan fingerprint density at radius 3 is 2.53 bits per heavy atom. The minimum absolute atomic E-state index is 0.255. The average molecular weight is 522 g/mol. The van der Waals surface area contributed by atoms with E-state index in [1.807, 2.05) is 72.8 Å². The van der Waals surface area contributed by atoms with Crippen LogP contribution in [-0.2, 0) is 6.42 Å². The average Bonchev–Trinajstić information content (AvgIpc) is 3.36. The molecule has 1 N–H and O–H groups in total. The molecular weight excluding hydrogens is 498 g/mol. The molecule has 1 aromatic heterocycles. The molecule has 1 aliphatic heterocycles. The van der Waals surface area contributed by atoms with E-state index in [9.17, 15) is 4.79 Å². The Bertz CT molecular complexity index is 1640. The lowest BCUT2D eigenvalue weighted by atomic mass is 10.1. The Balaban J connectivity index is 1.22. The lowest BCUT2D eigenvalue weighted by molar-refractivity contribution is 0.102. The van der Waals surface area contributed by atoms with Crippen LogP contribution in [0.2, 0.25) is 5.02 Å². The Morgan fingerprint density at radius 2 is 1.74 bits per heavy atom. The molecule has 0 bridgehead atoms. The number of ether oxygens (including phenoxy) is 2. The molecule has 0 saturated carbocycles. The van der Waals surface area contributed by atoms with E-state index in [2.05, 4.69) is 16.3 Å². The fraction of sp³-hybridized carbons (Fsp3) is 0.0968. The molecule has 188 valence electrons. The fourth-order valence-electron chi connectivity index (χ4n) is 4.61. The summed E-state index contributed by atoms with van der Waals surface area (Å²) in [5, 5.41) is 4.53. The number of hydrogen-bond donors (Lipinski definition) is 1. The molecule has 6 rings (SSSR count). The molecule has 6 nitrogen and oxygen atoms in total. The van der Waals surface area contributed by atoms with Crippen LogP contribution in [0.5, 0.6) is 17.2 Å². The topological polar surface area (TPSA) is 63.7 Å². The van der Waals surface area contributed by atoms with E-state index < -0.39 is 0 Å². The molecule has 4 aromatic carbocycles. The number of nitrogens with zero attached hydrogens (tertiary/aromatic N) is 2. The molecular formula is C31H24ClN3O3. The van der Waals surface area contributed by atoms with Gasteiger partial charge in [0.25, 0.3) is 5.91 Å². The lowest BCUT2D eigenvalue weighted by Gasteiger charge is -2.19. The van der Waals surface area contributed by atoms with Gasteiger partial charge in [0.1, 0.15) is 17.3 Å². The molecule has 1 amide bonds. The molecule has 7 heteroatoms. The molecule has 0 fully saturated rings. The van der Waals surface area contributed by atoms with Crippen LogP contribution in [0.15, 0.2) is 97.1 Å². The molecule has 1 aliphatic rings. The van der Waals surface area contributed by atoms with Gasteiger partial charge in [-0.1, -0.05) is 29.8 Å². The molecule has 0 radical (unpaired) electrons. The van der Waals surface area contributed by atoms with Crippen LogP contribution in [0.25, 0.3) is 10.9 Å². The molecule has 0 spiro atoms. The molecule has 38 heavy (non-hydrogen) atoms. The van der Waals surface area contributed by atoms with E-state index in [-0.39, 0.29) is 5.91 Å². The van der Waals surface area contributed by atoms with Gasteiger partial charge in [-0.15, -0.1) is 0 Å². The van der Waals surface area contributed by atoms with Crippen molar-refractivity contribution in [1.82, 2.24) is 4.98 Å². The summed E-state index contributed by atoms with van der Waals surface area (Å²) in [6.07, 6.45) is 0.908. The summed E-state index contributed by atoms with van der Waals surface area (Å²) in [6, 6.07) is 30.2. The first-order valence-corrected chi connectivity index (χ1v) is 12.6. The van der Waals surface area contributed by atoms with Crippen LogP contribution in [-0.4, -0.2) is 24.5 Å². The molecule has 2 heterocycles. The number of pyridine rings is 1. The zero-order valence-electron chi connectivity index (χ0n) is 20.6. The molecule has 0 unspecified atom stereocenters. The first-order valence-electron chi connectivity index (χ1n) is 12.3. The predicted molar refractivity (Wildman–Crippen MR) is 151 cm³/mol. The third-order valence-corrected chi connectivity index (χ3v) is 6.78. The van der Waals surface area contributed by atoms with Crippen LogP contribution >= 0.6 is 11.6 Å². The second-order valence-corrected chi connectivity index (χ2v) is 9.42. The smallest absolute Gasteiger partial charge is 0.255 e. The number of methoxy groups -OCH3 is 1. The van der Waals surface area contributed by atoms with E-state index in [4.69, 9.17) is 26.1 Å². The van der Waals surface area contributed by atoms with Crippen LogP contribution in [0.1, 0.15) is 15.9 Å². The van der Waals surface area contributed by atoms with Gasteiger partial charge in [0.15, 0.2) is 5.75 Å². The summed E-state index contributed by atoms with van der Waals surface area (Å²) in [6.45, 7) is 0.823. The summed E-state index contributed by atoms with van der Waals surface area (Å²) in [4.78, 5) is 20.2. The quantitative estimate of drug-likeness (QED) is 0.249. The van der Waals surface area contributed by atoms with Gasteiger partial charge in [-0.2, -0.15) is 0 Å². The monoisotopic (exact) mass is 521 g/mol. The Morgan fingerprint density at radius 1 is 0.921 bits per heavy atom. The van der Waals surface area contributed by atoms with E-state index in [1.165, 1.54) is 5.56 Å². The second kappa shape index (κ2) is 10.1. The number of para-hydroxylation sites is 1. The second-order valence-electron chi connectivity index (χ2n) is 8.99. The van der Waals surface area contributed by atoms with Crippen molar-refractivity contribution < 1.29 is 14.3 Å². The number of fused-ring (bicyclic) bond motifs is 2. The number of amides is 1. The number of nitrogens with one attached hydrogen (secondary N) is 1. The van der Waals surface area contributed by atoms with E-state index in [0.29, 0.717) is 27.8 Å². The summed E-state index contributed by atoms with van der Waals surface area (Å²) in [7, 11) is 1.65. The number of carbonyl (C=O) groups excluding carboxylic acids is 1. The number of hydrogen-bond acceptors (Lipinski definition) is 5. The van der Waals surface area contributed by atoms with Crippen molar-refractivity contribution >= 4 is 45.6 Å². The van der Waals surface area contributed by atoms with Crippen molar-refractivity contribution in [2.45, 2.75) is 6.42 Å². The third kappa shape index (κ3) is 4.74. The van der Waals surface area contributed by atoms with Crippen LogP contribution < -0.4 is 19.7 Å². The molecule has 0 saturated heterocycles. The minimum atomic E-state index is -0.255. The number of anilines is 3. The highest BCUT2D eigenvalue weighted by molar-refractivity contribution is 6.31. The van der Waals surface area contributed by atoms with Crippen molar-refractivity contribution in [3.05, 3.63) is 113 Å². The van der Waals surface area contributed by atoms with Gasteiger partial charge in [-0.25, -0.2) is 4.98 Å². The normalized spacial score (nSPS) is 12.3. The van der Waals surface area contributed by atoms with Crippen LogP contribution in [0.4, 0.5) is 17.2 Å². The summed E-state index contributed by atoms with van der Waals surface area (Å²) >= 11 is 6.21. The number of rotatable bonds is 6. The van der Waals surface area contributed by atoms with Gasteiger partial charge in [-0.3, -0.25) is 4.79 Å². The first-order chi connectivity index (χ1) is 18.6. The largest absolute Gasteiger partial charge is 0.497 e. The van der Waals surface area contributed by atoms with Crippen molar-refractivity contribution in [3.8, 4) is 17.2 Å². The SMILES string of the molecule is COc1ccc2cc3c(nc2c1)N(c1ccc(C(=O)Nc2cc(Cl)ccc2Oc2ccccc2)cc1)CC3. The van der Waals surface area contributed by atoms with Gasteiger partial charge in [0.05, 0.1) is 18.3 Å². The zero-order chi connectivity index (χ0) is 26.1. The Hall–Kier alpha value is -4.55. The molecule has 0 atom stereocenters. The van der Waals surface area contributed by atoms with Crippen LogP contribution in [0, 0.1) is 0 Å². The number of aromatic nitrogens is 1. The van der Waals surface area contributed by atoms with Crippen molar-refractivity contribution in [1.29, 1.82) is 0 Å². The fourth-order valence-corrected chi connectivity index (χ4v) is 4.78. The summed E-state index contributed by atoms with van der Waals surface area (Å²) in [5.41, 5.74) is 4.09.